The predicted molar refractivity (Wildman–Crippen MR) is 168 cm³/mol. The second-order valence-electron chi connectivity index (χ2n) is 13.2. The van der Waals surface area contributed by atoms with E-state index in [1.165, 1.54) is 42.6 Å². The van der Waals surface area contributed by atoms with E-state index in [9.17, 15) is 28.8 Å². The molecule has 6 unspecified atom stereocenters. The third-order valence-corrected chi connectivity index (χ3v) is 7.52. The Kier molecular flexibility index (Phi) is 16.5. The molecule has 0 aliphatic heterocycles. The van der Waals surface area contributed by atoms with Crippen LogP contribution >= 0.6 is 0 Å². The van der Waals surface area contributed by atoms with Crippen LogP contribution in [0.2, 0.25) is 0 Å². The van der Waals surface area contributed by atoms with E-state index >= 15 is 0 Å². The molecule has 0 heterocycles. The van der Waals surface area contributed by atoms with Crippen molar-refractivity contribution in [2.75, 3.05) is 28.2 Å². The highest BCUT2D eigenvalue weighted by molar-refractivity contribution is 5.96. The van der Waals surface area contributed by atoms with E-state index in [0.717, 1.165) is 0 Å². The summed E-state index contributed by atoms with van der Waals surface area (Å²) in [7, 11) is 6.21. The molecule has 0 fully saturated rings. The van der Waals surface area contributed by atoms with E-state index in [-0.39, 0.29) is 35.5 Å². The monoisotopic (exact) mass is 610 g/mol. The van der Waals surface area contributed by atoms with Crippen molar-refractivity contribution < 1.29 is 28.8 Å². The van der Waals surface area contributed by atoms with Crippen molar-refractivity contribution in [3.8, 4) is 0 Å². The van der Waals surface area contributed by atoms with Crippen LogP contribution in [-0.2, 0) is 28.8 Å². The van der Waals surface area contributed by atoms with Gasteiger partial charge in [0, 0.05) is 34.1 Å². The number of nitrogens with zero attached hydrogens (tertiary/aromatic N) is 3. The number of hydrogen-bond donors (Lipinski definition) is 3. The van der Waals surface area contributed by atoms with Gasteiger partial charge < -0.3 is 30.7 Å². The molecule has 0 rings (SSSR count). The first-order valence-electron chi connectivity index (χ1n) is 15.3. The highest BCUT2D eigenvalue weighted by atomic mass is 16.2. The molecule has 12 nitrogen and oxygen atoms in total. The Morgan fingerprint density at radius 3 is 1.47 bits per heavy atom. The molecule has 43 heavy (non-hydrogen) atoms. The lowest BCUT2D eigenvalue weighted by atomic mass is 9.95. The van der Waals surface area contributed by atoms with E-state index in [1.54, 1.807) is 21.0 Å². The first-order valence-corrected chi connectivity index (χ1v) is 15.3. The summed E-state index contributed by atoms with van der Waals surface area (Å²) in [6.07, 6.45) is 1.02. The van der Waals surface area contributed by atoms with Gasteiger partial charge in [-0.15, -0.1) is 0 Å². The van der Waals surface area contributed by atoms with Gasteiger partial charge >= 0.3 is 0 Å². The second-order valence-corrected chi connectivity index (χ2v) is 13.2. The van der Waals surface area contributed by atoms with Gasteiger partial charge in [-0.05, 0) is 51.4 Å². The van der Waals surface area contributed by atoms with E-state index in [2.05, 4.69) is 16.0 Å². The Balaban J connectivity index is 5.63. The topological polar surface area (TPSA) is 148 Å². The van der Waals surface area contributed by atoms with E-state index < -0.39 is 47.9 Å². The number of carbonyl (C=O) groups excluding carboxylic acids is 6. The third kappa shape index (κ3) is 12.5. The van der Waals surface area contributed by atoms with Crippen LogP contribution < -0.4 is 16.0 Å². The van der Waals surface area contributed by atoms with E-state index in [1.807, 2.05) is 48.5 Å². The number of amides is 6. The summed E-state index contributed by atoms with van der Waals surface area (Å²) in [6.45, 7) is 18.0. The summed E-state index contributed by atoms with van der Waals surface area (Å²) in [4.78, 5) is 82.0. The van der Waals surface area contributed by atoms with Crippen molar-refractivity contribution in [2.24, 2.45) is 23.7 Å². The first-order chi connectivity index (χ1) is 19.6. The lowest BCUT2D eigenvalue weighted by molar-refractivity contribution is -0.145. The van der Waals surface area contributed by atoms with Gasteiger partial charge in [0.25, 0.3) is 0 Å². The van der Waals surface area contributed by atoms with Crippen molar-refractivity contribution in [3.05, 3.63) is 0 Å². The van der Waals surface area contributed by atoms with Crippen LogP contribution in [0, 0.1) is 23.7 Å². The number of likely N-dealkylation sites (N-methyl/N-ethyl adjacent to an activating group) is 3. The van der Waals surface area contributed by atoms with Crippen LogP contribution in [0.3, 0.4) is 0 Å². The van der Waals surface area contributed by atoms with Crippen LogP contribution in [0.4, 0.5) is 0 Å². The molecular formula is C31H58N6O6. The summed E-state index contributed by atoms with van der Waals surface area (Å²) in [5, 5.41) is 8.17. The van der Waals surface area contributed by atoms with Crippen LogP contribution in [-0.4, -0.2) is 109 Å². The lowest BCUT2D eigenvalue weighted by Crippen LogP contribution is -2.59. The molecule has 0 saturated heterocycles. The van der Waals surface area contributed by atoms with Crippen LogP contribution in [0.15, 0.2) is 0 Å². The molecule has 0 radical (unpaired) electrons. The Hall–Kier alpha value is -3.18. The zero-order valence-electron chi connectivity index (χ0n) is 28.9. The van der Waals surface area contributed by atoms with Crippen molar-refractivity contribution >= 4 is 35.4 Å². The second kappa shape index (κ2) is 17.8. The molecule has 0 aromatic rings. The molecule has 6 amide bonds. The van der Waals surface area contributed by atoms with Gasteiger partial charge in [0.05, 0.1) is 0 Å². The average Bonchev–Trinajstić information content (AvgIpc) is 2.90. The normalized spacial score (nSPS) is 15.6. The Bertz CT molecular complexity index is 982. The summed E-state index contributed by atoms with van der Waals surface area (Å²) in [5.41, 5.74) is 0. The highest BCUT2D eigenvalue weighted by Crippen LogP contribution is 2.17. The van der Waals surface area contributed by atoms with Gasteiger partial charge in [0.2, 0.25) is 35.4 Å². The van der Waals surface area contributed by atoms with Crippen molar-refractivity contribution in [1.82, 2.24) is 30.7 Å². The van der Waals surface area contributed by atoms with Gasteiger partial charge in [-0.1, -0.05) is 48.5 Å². The SMILES string of the molecule is CC(C)CC(C)C(=O)NC(C(=O)N(C)C(CC(C)C)C(=O)NC(C)C(=O)NC(C)C(=O)N(C)C(C)C(=O)N(C)C)C(C)C. The van der Waals surface area contributed by atoms with Gasteiger partial charge in [-0.3, -0.25) is 28.8 Å². The molecule has 248 valence electrons. The van der Waals surface area contributed by atoms with Crippen LogP contribution in [0.5, 0.6) is 0 Å². The smallest absolute Gasteiger partial charge is 0.245 e. The zero-order chi connectivity index (χ0) is 33.9. The Morgan fingerprint density at radius 2 is 1.02 bits per heavy atom. The minimum absolute atomic E-state index is 0.0494. The molecule has 0 aromatic heterocycles. The predicted octanol–water partition coefficient (Wildman–Crippen LogP) is 1.63. The molecule has 6 atom stereocenters. The number of nitrogens with one attached hydrogen (secondary N) is 3. The van der Waals surface area contributed by atoms with Gasteiger partial charge in [0.1, 0.15) is 30.2 Å². The maximum absolute atomic E-state index is 13.6. The Labute approximate surface area is 259 Å². The van der Waals surface area contributed by atoms with Crippen LogP contribution in [0.1, 0.15) is 82.1 Å². The molecule has 0 aromatic carbocycles. The maximum Gasteiger partial charge on any atom is 0.245 e. The molecular weight excluding hydrogens is 552 g/mol. The standard InChI is InChI=1S/C31H58N6O6/c1-17(2)15-20(7)26(38)34-25(19(5)6)31(43)37(14)24(16-18(3)4)28(40)32-21(8)27(39)33-22(9)29(41)36(13)23(10)30(42)35(11)12/h17-25H,15-16H2,1-14H3,(H,32,40)(H,33,39)(H,34,38). The zero-order valence-corrected chi connectivity index (χ0v) is 28.9. The summed E-state index contributed by atoms with van der Waals surface area (Å²) >= 11 is 0. The maximum atomic E-state index is 13.6. The number of carbonyl (C=O) groups is 6. The highest BCUT2D eigenvalue weighted by Gasteiger charge is 2.36. The van der Waals surface area contributed by atoms with Crippen molar-refractivity contribution in [3.63, 3.8) is 0 Å². The molecule has 0 spiro atoms. The summed E-state index contributed by atoms with van der Waals surface area (Å²) < 4.78 is 0. The molecule has 3 N–H and O–H groups in total. The average molecular weight is 611 g/mol. The minimum Gasteiger partial charge on any atom is -0.347 e. The van der Waals surface area contributed by atoms with Gasteiger partial charge in [-0.2, -0.15) is 0 Å². The molecule has 0 bridgehead atoms. The molecule has 0 saturated carbocycles. The Morgan fingerprint density at radius 1 is 0.535 bits per heavy atom. The number of hydrogen-bond acceptors (Lipinski definition) is 6. The summed E-state index contributed by atoms with van der Waals surface area (Å²) in [6, 6.07) is -4.39. The summed E-state index contributed by atoms with van der Waals surface area (Å²) in [5.74, 6) is -2.52. The van der Waals surface area contributed by atoms with E-state index in [0.29, 0.717) is 18.8 Å². The fourth-order valence-corrected chi connectivity index (χ4v) is 4.69. The van der Waals surface area contributed by atoms with Crippen LogP contribution in [0.25, 0.3) is 0 Å². The first kappa shape index (κ1) is 39.8. The van der Waals surface area contributed by atoms with Gasteiger partial charge in [-0.25, -0.2) is 0 Å². The third-order valence-electron chi connectivity index (χ3n) is 7.52. The largest absolute Gasteiger partial charge is 0.347 e. The molecule has 0 aliphatic rings. The molecule has 0 aliphatic carbocycles. The fourth-order valence-electron chi connectivity index (χ4n) is 4.69. The lowest BCUT2D eigenvalue weighted by Gasteiger charge is -2.34. The van der Waals surface area contributed by atoms with Crippen molar-refractivity contribution in [1.29, 1.82) is 0 Å². The number of rotatable bonds is 16. The fraction of sp³-hybridized carbons (Fsp3) is 0.806. The molecule has 12 heteroatoms. The quantitative estimate of drug-likeness (QED) is 0.242. The van der Waals surface area contributed by atoms with Gasteiger partial charge in [0.15, 0.2) is 0 Å². The van der Waals surface area contributed by atoms with E-state index in [4.69, 9.17) is 0 Å². The minimum atomic E-state index is -1.01. The van der Waals surface area contributed by atoms with Crippen molar-refractivity contribution in [2.45, 2.75) is 112 Å².